The smallest absolute Gasteiger partial charge is 0.344 e. The molecular weight excluding hydrogens is 332 g/mol. The summed E-state index contributed by atoms with van der Waals surface area (Å²) in [5, 5.41) is 9.44. The Morgan fingerprint density at radius 3 is 1.70 bits per heavy atom. The molecule has 1 heterocycles. The second-order valence-corrected chi connectivity index (χ2v) is 6.92. The molecule has 0 atom stereocenters. The lowest BCUT2D eigenvalue weighted by Gasteiger charge is -2.10. The molecule has 0 aliphatic heterocycles. The molecule has 0 fully saturated rings. The van der Waals surface area contributed by atoms with Gasteiger partial charge in [0.05, 0.1) is 5.39 Å². The van der Waals surface area contributed by atoms with Gasteiger partial charge < -0.3 is 4.42 Å². The molecule has 0 N–H and O–H groups in total. The van der Waals surface area contributed by atoms with E-state index in [1.165, 1.54) is 21.5 Å². The Bertz CT molecular complexity index is 1590. The second-order valence-electron chi connectivity index (χ2n) is 6.92. The topological polar surface area (TPSA) is 30.2 Å². The summed E-state index contributed by atoms with van der Waals surface area (Å²) in [4.78, 5) is 12.5. The highest BCUT2D eigenvalue weighted by atomic mass is 16.4. The maximum absolute atomic E-state index is 12.5. The molecule has 0 amide bonds. The largest absolute Gasteiger partial charge is 0.422 e. The molecule has 2 heteroatoms. The Morgan fingerprint density at radius 1 is 0.444 bits per heavy atom. The van der Waals surface area contributed by atoms with Crippen LogP contribution in [0.3, 0.4) is 0 Å². The number of benzene rings is 5. The van der Waals surface area contributed by atoms with Crippen LogP contribution in [-0.4, -0.2) is 0 Å². The minimum absolute atomic E-state index is 0.288. The van der Waals surface area contributed by atoms with Crippen LogP contribution in [-0.2, 0) is 0 Å². The highest BCUT2D eigenvalue weighted by Gasteiger charge is 2.12. The van der Waals surface area contributed by atoms with Crippen molar-refractivity contribution < 1.29 is 4.42 Å². The highest BCUT2D eigenvalue weighted by Crippen LogP contribution is 2.35. The molecule has 0 spiro atoms. The lowest BCUT2D eigenvalue weighted by molar-refractivity contribution is 0.573. The van der Waals surface area contributed by atoms with E-state index in [1.807, 2.05) is 24.3 Å². The average Bonchev–Trinajstić information content (AvgIpc) is 2.73. The van der Waals surface area contributed by atoms with E-state index in [0.29, 0.717) is 11.0 Å². The zero-order chi connectivity index (χ0) is 18.0. The molecule has 126 valence electrons. The fourth-order valence-corrected chi connectivity index (χ4v) is 4.24. The van der Waals surface area contributed by atoms with Crippen LogP contribution < -0.4 is 5.63 Å². The zero-order valence-corrected chi connectivity index (χ0v) is 14.4. The predicted molar refractivity (Wildman–Crippen MR) is 113 cm³/mol. The van der Waals surface area contributed by atoms with Gasteiger partial charge in [-0.05, 0) is 50.5 Å². The van der Waals surface area contributed by atoms with Crippen LogP contribution in [0.5, 0.6) is 0 Å². The van der Waals surface area contributed by atoms with E-state index < -0.39 is 0 Å². The van der Waals surface area contributed by atoms with Gasteiger partial charge in [-0.15, -0.1) is 0 Å². The molecule has 0 saturated heterocycles. The summed E-state index contributed by atoms with van der Waals surface area (Å²) in [7, 11) is 0. The third kappa shape index (κ3) is 1.92. The fourth-order valence-electron chi connectivity index (χ4n) is 4.24. The van der Waals surface area contributed by atoms with Crippen molar-refractivity contribution in [2.24, 2.45) is 0 Å². The van der Waals surface area contributed by atoms with Gasteiger partial charge >= 0.3 is 5.63 Å². The van der Waals surface area contributed by atoms with Crippen LogP contribution in [0, 0.1) is 0 Å². The maximum Gasteiger partial charge on any atom is 0.344 e. The van der Waals surface area contributed by atoms with E-state index in [1.54, 1.807) is 0 Å². The van der Waals surface area contributed by atoms with Crippen LogP contribution in [0.15, 0.2) is 94.1 Å². The Hall–Kier alpha value is -3.65. The molecule has 6 rings (SSSR count). The molecule has 6 aromatic rings. The number of fused-ring (bicyclic) bond motifs is 9. The summed E-state index contributed by atoms with van der Waals surface area (Å²) in [5.74, 6) is 0. The van der Waals surface area contributed by atoms with Crippen molar-refractivity contribution in [2.75, 3.05) is 0 Å². The number of hydrogen-bond donors (Lipinski definition) is 0. The molecule has 0 unspecified atom stereocenters. The molecular formula is C25H14O2. The summed E-state index contributed by atoms with van der Waals surface area (Å²) < 4.78 is 5.77. The molecule has 0 aliphatic rings. The summed E-state index contributed by atoms with van der Waals surface area (Å²) in [5.41, 5.74) is 0.371. The lowest BCUT2D eigenvalue weighted by Crippen LogP contribution is -1.99. The molecule has 0 radical (unpaired) electrons. The van der Waals surface area contributed by atoms with Crippen molar-refractivity contribution >= 4 is 54.1 Å². The molecule has 1 aromatic heterocycles. The average molecular weight is 346 g/mol. The Kier molecular flexibility index (Phi) is 2.78. The first-order valence-corrected chi connectivity index (χ1v) is 9.00. The van der Waals surface area contributed by atoms with Crippen molar-refractivity contribution in [3.8, 4) is 0 Å². The van der Waals surface area contributed by atoms with E-state index in [0.717, 1.165) is 21.5 Å². The van der Waals surface area contributed by atoms with Crippen molar-refractivity contribution in [1.29, 1.82) is 0 Å². The maximum atomic E-state index is 12.5. The molecule has 27 heavy (non-hydrogen) atoms. The standard InChI is InChI=1S/C25H14O2/c26-25-23-8-4-3-7-17(23)21-14-12-20-19-10-9-15-5-1-2-6-16(15)18(19)11-13-22(20)24(21)27-25/h1-14H. The lowest BCUT2D eigenvalue weighted by atomic mass is 9.95. The predicted octanol–water partition coefficient (Wildman–Crippen LogP) is 6.41. The van der Waals surface area contributed by atoms with Gasteiger partial charge in [-0.1, -0.05) is 66.7 Å². The van der Waals surface area contributed by atoms with E-state index >= 15 is 0 Å². The van der Waals surface area contributed by atoms with Gasteiger partial charge in [0.25, 0.3) is 0 Å². The Morgan fingerprint density at radius 2 is 0.926 bits per heavy atom. The summed E-state index contributed by atoms with van der Waals surface area (Å²) in [6.45, 7) is 0. The number of rotatable bonds is 0. The minimum atomic E-state index is -0.288. The highest BCUT2D eigenvalue weighted by molar-refractivity contribution is 6.23. The Balaban J connectivity index is 1.85. The monoisotopic (exact) mass is 346 g/mol. The Labute approximate surface area is 154 Å². The summed E-state index contributed by atoms with van der Waals surface area (Å²) in [6.07, 6.45) is 0. The van der Waals surface area contributed by atoms with Crippen LogP contribution in [0.1, 0.15) is 0 Å². The van der Waals surface area contributed by atoms with Gasteiger partial charge in [-0.25, -0.2) is 4.79 Å². The minimum Gasteiger partial charge on any atom is -0.422 e. The van der Waals surface area contributed by atoms with E-state index in [2.05, 4.69) is 60.7 Å². The molecule has 5 aromatic carbocycles. The quantitative estimate of drug-likeness (QED) is 0.235. The first-order valence-electron chi connectivity index (χ1n) is 9.00. The summed E-state index contributed by atoms with van der Waals surface area (Å²) in [6, 6.07) is 28.7. The van der Waals surface area contributed by atoms with Gasteiger partial charge in [0.15, 0.2) is 0 Å². The molecule has 0 bridgehead atoms. The van der Waals surface area contributed by atoms with Gasteiger partial charge in [0.1, 0.15) is 5.58 Å². The van der Waals surface area contributed by atoms with E-state index in [4.69, 9.17) is 4.42 Å². The molecule has 2 nitrogen and oxygen atoms in total. The van der Waals surface area contributed by atoms with Gasteiger partial charge in [-0.3, -0.25) is 0 Å². The van der Waals surface area contributed by atoms with E-state index in [-0.39, 0.29) is 5.63 Å². The van der Waals surface area contributed by atoms with Crippen molar-refractivity contribution in [3.63, 3.8) is 0 Å². The van der Waals surface area contributed by atoms with Crippen molar-refractivity contribution in [1.82, 2.24) is 0 Å². The van der Waals surface area contributed by atoms with Crippen LogP contribution in [0.4, 0.5) is 0 Å². The third-order valence-electron chi connectivity index (χ3n) is 5.51. The van der Waals surface area contributed by atoms with Gasteiger partial charge in [0.2, 0.25) is 0 Å². The van der Waals surface area contributed by atoms with Gasteiger partial charge in [-0.2, -0.15) is 0 Å². The normalized spacial score (nSPS) is 11.9. The van der Waals surface area contributed by atoms with Crippen LogP contribution in [0.25, 0.3) is 54.1 Å². The van der Waals surface area contributed by atoms with Crippen LogP contribution in [0.2, 0.25) is 0 Å². The fraction of sp³-hybridized carbons (Fsp3) is 0. The van der Waals surface area contributed by atoms with Crippen LogP contribution >= 0.6 is 0 Å². The van der Waals surface area contributed by atoms with Crippen molar-refractivity contribution in [2.45, 2.75) is 0 Å². The second kappa shape index (κ2) is 5.18. The van der Waals surface area contributed by atoms with Crippen molar-refractivity contribution in [3.05, 3.63) is 95.3 Å². The molecule has 0 saturated carbocycles. The first kappa shape index (κ1) is 14.5. The van der Waals surface area contributed by atoms with Gasteiger partial charge in [0, 0.05) is 10.8 Å². The first-order chi connectivity index (χ1) is 13.3. The summed E-state index contributed by atoms with van der Waals surface area (Å²) >= 11 is 0. The third-order valence-corrected chi connectivity index (χ3v) is 5.51. The van der Waals surface area contributed by atoms with E-state index in [9.17, 15) is 4.79 Å². The molecule has 0 aliphatic carbocycles. The zero-order valence-electron chi connectivity index (χ0n) is 14.4. The number of hydrogen-bond acceptors (Lipinski definition) is 2. The SMILES string of the molecule is O=c1oc2c(ccc3c4ccc5ccccc5c4ccc32)c2ccccc12.